The van der Waals surface area contributed by atoms with Gasteiger partial charge < -0.3 is 10.5 Å². The number of benzene rings is 1. The molecule has 0 spiro atoms. The Morgan fingerprint density at radius 3 is 2.62 bits per heavy atom. The molecule has 0 fully saturated rings. The molecule has 0 saturated carbocycles. The third kappa shape index (κ3) is 3.06. The third-order valence-corrected chi connectivity index (χ3v) is 2.73. The van der Waals surface area contributed by atoms with Gasteiger partial charge in [0.15, 0.2) is 0 Å². The van der Waals surface area contributed by atoms with E-state index in [1.165, 1.54) is 13.2 Å². The SMILES string of the molecule is COC(=O)c1ccc(CC(=O)CBr)c(N)c1. The molecule has 0 atom stereocenters. The molecule has 5 heteroatoms. The summed E-state index contributed by atoms with van der Waals surface area (Å²) in [5.74, 6) is -0.400. The van der Waals surface area contributed by atoms with Crippen LogP contribution < -0.4 is 5.73 Å². The number of esters is 1. The Bertz CT molecular complexity index is 418. The van der Waals surface area contributed by atoms with Gasteiger partial charge >= 0.3 is 5.97 Å². The van der Waals surface area contributed by atoms with Gasteiger partial charge in [-0.05, 0) is 17.7 Å². The molecule has 0 aliphatic carbocycles. The topological polar surface area (TPSA) is 69.4 Å². The Hall–Kier alpha value is -1.36. The molecule has 4 nitrogen and oxygen atoms in total. The lowest BCUT2D eigenvalue weighted by molar-refractivity contribution is -0.115. The highest BCUT2D eigenvalue weighted by molar-refractivity contribution is 9.09. The number of halogens is 1. The Morgan fingerprint density at radius 2 is 2.12 bits per heavy atom. The van der Waals surface area contributed by atoms with Crippen molar-refractivity contribution in [2.75, 3.05) is 18.2 Å². The van der Waals surface area contributed by atoms with Crippen LogP contribution in [0.4, 0.5) is 5.69 Å². The van der Waals surface area contributed by atoms with Crippen LogP contribution >= 0.6 is 15.9 Å². The minimum atomic E-state index is -0.440. The molecule has 1 rings (SSSR count). The van der Waals surface area contributed by atoms with E-state index < -0.39 is 5.97 Å². The molecule has 0 amide bonds. The summed E-state index contributed by atoms with van der Waals surface area (Å²) in [6.45, 7) is 0. The van der Waals surface area contributed by atoms with Gasteiger partial charge in [-0.15, -0.1) is 0 Å². The van der Waals surface area contributed by atoms with Crippen molar-refractivity contribution in [2.45, 2.75) is 6.42 Å². The number of anilines is 1. The molecule has 1 aromatic carbocycles. The van der Waals surface area contributed by atoms with E-state index in [0.717, 1.165) is 5.56 Å². The van der Waals surface area contributed by atoms with Gasteiger partial charge in [-0.2, -0.15) is 0 Å². The first-order chi connectivity index (χ1) is 7.58. The summed E-state index contributed by atoms with van der Waals surface area (Å²) in [5.41, 5.74) is 7.27. The molecule has 86 valence electrons. The minimum absolute atomic E-state index is 0.0394. The maximum Gasteiger partial charge on any atom is 0.337 e. The highest BCUT2D eigenvalue weighted by atomic mass is 79.9. The number of nitrogens with two attached hydrogens (primary N) is 1. The first kappa shape index (κ1) is 12.7. The van der Waals surface area contributed by atoms with E-state index in [2.05, 4.69) is 20.7 Å². The fourth-order valence-electron chi connectivity index (χ4n) is 1.26. The summed E-state index contributed by atoms with van der Waals surface area (Å²) >= 11 is 3.08. The van der Waals surface area contributed by atoms with Crippen LogP contribution in [0.2, 0.25) is 0 Å². The summed E-state index contributed by atoms with van der Waals surface area (Å²) in [5, 5.41) is 0.297. The smallest absolute Gasteiger partial charge is 0.337 e. The average Bonchev–Trinajstić information content (AvgIpc) is 2.30. The highest BCUT2D eigenvalue weighted by Gasteiger charge is 2.10. The largest absolute Gasteiger partial charge is 0.465 e. The number of hydrogen-bond donors (Lipinski definition) is 1. The molecule has 1 aromatic rings. The molecule has 0 saturated heterocycles. The second-order valence-corrected chi connectivity index (χ2v) is 3.81. The second-order valence-electron chi connectivity index (χ2n) is 3.25. The van der Waals surface area contributed by atoms with Crippen molar-refractivity contribution in [1.82, 2.24) is 0 Å². The van der Waals surface area contributed by atoms with Crippen LogP contribution in [0.5, 0.6) is 0 Å². The molecule has 0 aromatic heterocycles. The van der Waals surface area contributed by atoms with Crippen molar-refractivity contribution < 1.29 is 14.3 Å². The van der Waals surface area contributed by atoms with E-state index in [-0.39, 0.29) is 12.2 Å². The predicted molar refractivity (Wildman–Crippen MR) is 64.7 cm³/mol. The Balaban J connectivity index is 2.91. The van der Waals surface area contributed by atoms with Crippen LogP contribution in [0, 0.1) is 0 Å². The van der Waals surface area contributed by atoms with E-state index in [1.54, 1.807) is 12.1 Å². The van der Waals surface area contributed by atoms with Crippen LogP contribution in [0.3, 0.4) is 0 Å². The normalized spacial score (nSPS) is 9.88. The molecular formula is C11H12BrNO3. The Labute approximate surface area is 102 Å². The maximum atomic E-state index is 11.2. The number of ether oxygens (including phenoxy) is 1. The van der Waals surface area contributed by atoms with Crippen LogP contribution in [0.25, 0.3) is 0 Å². The van der Waals surface area contributed by atoms with E-state index in [4.69, 9.17) is 5.73 Å². The lowest BCUT2D eigenvalue weighted by Gasteiger charge is -2.06. The van der Waals surface area contributed by atoms with Crippen molar-refractivity contribution in [2.24, 2.45) is 0 Å². The molecule has 0 heterocycles. The summed E-state index contributed by atoms with van der Waals surface area (Å²) in [7, 11) is 1.31. The van der Waals surface area contributed by atoms with E-state index in [0.29, 0.717) is 16.6 Å². The zero-order chi connectivity index (χ0) is 12.1. The van der Waals surface area contributed by atoms with Crippen LogP contribution in [0.15, 0.2) is 18.2 Å². The predicted octanol–water partition coefficient (Wildman–Crippen LogP) is 1.56. The third-order valence-electron chi connectivity index (χ3n) is 2.10. The Kier molecular flexibility index (Phi) is 4.49. The number of ketones is 1. The van der Waals surface area contributed by atoms with Gasteiger partial charge in [-0.3, -0.25) is 4.79 Å². The van der Waals surface area contributed by atoms with Crippen molar-refractivity contribution in [3.8, 4) is 0 Å². The fourth-order valence-corrected chi connectivity index (χ4v) is 1.46. The standard InChI is InChI=1S/C11H12BrNO3/c1-16-11(15)8-3-2-7(10(13)5-8)4-9(14)6-12/h2-3,5H,4,6,13H2,1H3. The lowest BCUT2D eigenvalue weighted by atomic mass is 10.0. The first-order valence-corrected chi connectivity index (χ1v) is 5.75. The van der Waals surface area contributed by atoms with Crippen molar-refractivity contribution in [3.05, 3.63) is 29.3 Å². The summed E-state index contributed by atoms with van der Waals surface area (Å²) in [4.78, 5) is 22.4. The number of hydrogen-bond acceptors (Lipinski definition) is 4. The molecule has 0 radical (unpaired) electrons. The van der Waals surface area contributed by atoms with Crippen molar-refractivity contribution in [1.29, 1.82) is 0 Å². The minimum Gasteiger partial charge on any atom is -0.465 e. The van der Waals surface area contributed by atoms with Crippen LogP contribution in [0.1, 0.15) is 15.9 Å². The lowest BCUT2D eigenvalue weighted by Crippen LogP contribution is -2.08. The average molecular weight is 286 g/mol. The van der Waals surface area contributed by atoms with Crippen molar-refractivity contribution >= 4 is 33.4 Å². The summed E-state index contributed by atoms with van der Waals surface area (Å²) in [6, 6.07) is 4.78. The van der Waals surface area contributed by atoms with Gasteiger partial charge in [0, 0.05) is 12.1 Å². The monoisotopic (exact) mass is 285 g/mol. The molecule has 0 bridgehead atoms. The number of alkyl halides is 1. The van der Waals surface area contributed by atoms with Gasteiger partial charge in [-0.25, -0.2) is 4.79 Å². The molecule has 16 heavy (non-hydrogen) atoms. The van der Waals surface area contributed by atoms with Crippen LogP contribution in [-0.4, -0.2) is 24.2 Å². The molecule has 0 aliphatic heterocycles. The number of methoxy groups -OCH3 is 1. The molecule has 0 aliphatic rings. The van der Waals surface area contributed by atoms with Gasteiger partial charge in [0.2, 0.25) is 0 Å². The van der Waals surface area contributed by atoms with Gasteiger partial charge in [0.25, 0.3) is 0 Å². The highest BCUT2D eigenvalue weighted by Crippen LogP contribution is 2.16. The zero-order valence-electron chi connectivity index (χ0n) is 8.83. The Morgan fingerprint density at radius 1 is 1.44 bits per heavy atom. The summed E-state index contributed by atoms with van der Waals surface area (Å²) < 4.78 is 4.56. The molecule has 2 N–H and O–H groups in total. The molecular weight excluding hydrogens is 274 g/mol. The van der Waals surface area contributed by atoms with Gasteiger partial charge in [0.1, 0.15) is 5.78 Å². The fraction of sp³-hybridized carbons (Fsp3) is 0.273. The maximum absolute atomic E-state index is 11.2. The van der Waals surface area contributed by atoms with E-state index in [1.807, 2.05) is 0 Å². The van der Waals surface area contributed by atoms with E-state index >= 15 is 0 Å². The number of nitrogen functional groups attached to an aromatic ring is 1. The second kappa shape index (κ2) is 5.65. The van der Waals surface area contributed by atoms with Crippen LogP contribution in [-0.2, 0) is 16.0 Å². The number of Topliss-reactive ketones (excluding diaryl/α,β-unsaturated/α-hetero) is 1. The quantitative estimate of drug-likeness (QED) is 0.518. The molecule has 0 unspecified atom stereocenters. The summed E-state index contributed by atoms with van der Waals surface area (Å²) in [6.07, 6.45) is 0.262. The van der Waals surface area contributed by atoms with Gasteiger partial charge in [-0.1, -0.05) is 22.0 Å². The number of carbonyl (C=O) groups excluding carboxylic acids is 2. The zero-order valence-corrected chi connectivity index (χ0v) is 10.4. The first-order valence-electron chi connectivity index (χ1n) is 4.63. The number of rotatable bonds is 4. The van der Waals surface area contributed by atoms with E-state index in [9.17, 15) is 9.59 Å². The van der Waals surface area contributed by atoms with Gasteiger partial charge in [0.05, 0.1) is 18.0 Å². The van der Waals surface area contributed by atoms with Crippen molar-refractivity contribution in [3.63, 3.8) is 0 Å². The number of carbonyl (C=O) groups is 2.